The number of para-hydroxylation sites is 2. The van der Waals surface area contributed by atoms with Gasteiger partial charge in [0.25, 0.3) is 5.91 Å². The van der Waals surface area contributed by atoms with Crippen molar-refractivity contribution in [1.29, 1.82) is 0 Å². The molecule has 1 aliphatic rings. The fourth-order valence-electron chi connectivity index (χ4n) is 3.19. The Labute approximate surface area is 143 Å². The SMILES string of the molecule is C[C@@H]1CN(C)c2ccccc2N(C(=O)c2cc(N(C)C)ccn2)C1. The quantitative estimate of drug-likeness (QED) is 0.851. The normalized spacial score (nSPS) is 17.2. The van der Waals surface area contributed by atoms with Crippen molar-refractivity contribution >= 4 is 23.0 Å². The van der Waals surface area contributed by atoms with E-state index in [1.165, 1.54) is 0 Å². The third-order valence-corrected chi connectivity index (χ3v) is 4.39. The van der Waals surface area contributed by atoms with Crippen LogP contribution in [0.5, 0.6) is 0 Å². The highest BCUT2D eigenvalue weighted by molar-refractivity contribution is 6.07. The summed E-state index contributed by atoms with van der Waals surface area (Å²) >= 11 is 0. The van der Waals surface area contributed by atoms with Crippen LogP contribution in [0.4, 0.5) is 17.1 Å². The Bertz CT molecular complexity index is 744. The minimum Gasteiger partial charge on any atom is -0.378 e. The lowest BCUT2D eigenvalue weighted by molar-refractivity contribution is 0.0979. The van der Waals surface area contributed by atoms with Gasteiger partial charge in [-0.15, -0.1) is 0 Å². The molecule has 0 bridgehead atoms. The van der Waals surface area contributed by atoms with E-state index in [-0.39, 0.29) is 5.91 Å². The molecule has 1 aliphatic heterocycles. The van der Waals surface area contributed by atoms with Gasteiger partial charge in [-0.3, -0.25) is 9.78 Å². The monoisotopic (exact) mass is 324 g/mol. The second kappa shape index (κ2) is 6.51. The average Bonchev–Trinajstić information content (AvgIpc) is 2.71. The highest BCUT2D eigenvalue weighted by Crippen LogP contribution is 2.33. The Morgan fingerprint density at radius 1 is 1.17 bits per heavy atom. The Hall–Kier alpha value is -2.56. The van der Waals surface area contributed by atoms with Crippen LogP contribution in [-0.2, 0) is 0 Å². The topological polar surface area (TPSA) is 39.7 Å². The van der Waals surface area contributed by atoms with Crippen molar-refractivity contribution in [2.75, 3.05) is 48.9 Å². The number of aromatic nitrogens is 1. The molecule has 0 fully saturated rings. The first-order valence-electron chi connectivity index (χ1n) is 8.23. The number of hydrogen-bond acceptors (Lipinski definition) is 4. The zero-order valence-electron chi connectivity index (χ0n) is 14.7. The van der Waals surface area contributed by atoms with Gasteiger partial charge in [-0.2, -0.15) is 0 Å². The number of benzene rings is 1. The minimum atomic E-state index is -0.0479. The maximum absolute atomic E-state index is 13.2. The van der Waals surface area contributed by atoms with Crippen LogP contribution >= 0.6 is 0 Å². The van der Waals surface area contributed by atoms with Gasteiger partial charge in [-0.05, 0) is 30.2 Å². The number of amides is 1. The number of carbonyl (C=O) groups excluding carboxylic acids is 1. The lowest BCUT2D eigenvalue weighted by Crippen LogP contribution is -2.35. The van der Waals surface area contributed by atoms with Crippen LogP contribution in [0.3, 0.4) is 0 Å². The van der Waals surface area contributed by atoms with E-state index in [1.54, 1.807) is 6.20 Å². The first-order valence-corrected chi connectivity index (χ1v) is 8.23. The molecule has 1 amide bonds. The van der Waals surface area contributed by atoms with Crippen molar-refractivity contribution in [3.05, 3.63) is 48.3 Å². The van der Waals surface area contributed by atoms with Gasteiger partial charge in [0, 0.05) is 46.1 Å². The van der Waals surface area contributed by atoms with Crippen LogP contribution in [-0.4, -0.2) is 45.1 Å². The molecule has 1 atom stereocenters. The highest BCUT2D eigenvalue weighted by atomic mass is 16.2. The second-order valence-corrected chi connectivity index (χ2v) is 6.68. The Morgan fingerprint density at radius 2 is 1.88 bits per heavy atom. The molecular weight excluding hydrogens is 300 g/mol. The summed E-state index contributed by atoms with van der Waals surface area (Å²) in [6.45, 7) is 3.78. The molecule has 3 rings (SSSR count). The Balaban J connectivity index is 2.02. The van der Waals surface area contributed by atoms with E-state index in [2.05, 4.69) is 29.9 Å². The molecule has 0 spiro atoms. The number of hydrogen-bond donors (Lipinski definition) is 0. The zero-order valence-corrected chi connectivity index (χ0v) is 14.7. The number of fused-ring (bicyclic) bond motifs is 1. The van der Waals surface area contributed by atoms with Crippen molar-refractivity contribution < 1.29 is 4.79 Å². The summed E-state index contributed by atoms with van der Waals surface area (Å²) in [5.41, 5.74) is 3.49. The van der Waals surface area contributed by atoms with Gasteiger partial charge in [-0.1, -0.05) is 19.1 Å². The van der Waals surface area contributed by atoms with Crippen LogP contribution < -0.4 is 14.7 Å². The lowest BCUT2D eigenvalue weighted by Gasteiger charge is -2.24. The molecule has 0 N–H and O–H groups in total. The number of carbonyl (C=O) groups is 1. The molecular formula is C19H24N4O. The van der Waals surface area contributed by atoms with Crippen molar-refractivity contribution in [2.45, 2.75) is 6.92 Å². The van der Waals surface area contributed by atoms with E-state index in [1.807, 2.05) is 54.2 Å². The fraction of sp³-hybridized carbons (Fsp3) is 0.368. The third kappa shape index (κ3) is 3.07. The minimum absolute atomic E-state index is 0.0479. The standard InChI is InChI=1S/C19H24N4O/c1-14-12-22(4)17-7-5-6-8-18(17)23(13-14)19(24)16-11-15(21(2)3)9-10-20-16/h5-11,14H,12-13H2,1-4H3/t14-/m1/s1. The Morgan fingerprint density at radius 3 is 2.58 bits per heavy atom. The van der Waals surface area contributed by atoms with E-state index in [9.17, 15) is 4.79 Å². The number of pyridine rings is 1. The summed E-state index contributed by atoms with van der Waals surface area (Å²) in [7, 11) is 6.00. The van der Waals surface area contributed by atoms with Crippen molar-refractivity contribution in [3.8, 4) is 0 Å². The van der Waals surface area contributed by atoms with E-state index in [4.69, 9.17) is 0 Å². The van der Waals surface area contributed by atoms with Crippen LogP contribution in [0.15, 0.2) is 42.6 Å². The van der Waals surface area contributed by atoms with Crippen LogP contribution in [0.25, 0.3) is 0 Å². The van der Waals surface area contributed by atoms with E-state index in [0.29, 0.717) is 18.2 Å². The molecule has 1 aromatic heterocycles. The largest absolute Gasteiger partial charge is 0.378 e. The van der Waals surface area contributed by atoms with Crippen LogP contribution in [0.2, 0.25) is 0 Å². The van der Waals surface area contributed by atoms with Gasteiger partial charge in [-0.25, -0.2) is 0 Å². The predicted octanol–water partition coefficient (Wildman–Crippen LogP) is 2.88. The molecule has 0 saturated carbocycles. The molecule has 5 heteroatoms. The van der Waals surface area contributed by atoms with Crippen LogP contribution in [0.1, 0.15) is 17.4 Å². The Kier molecular flexibility index (Phi) is 4.42. The first kappa shape index (κ1) is 16.3. The molecule has 1 aromatic carbocycles. The molecule has 126 valence electrons. The van der Waals surface area contributed by atoms with Gasteiger partial charge in [0.05, 0.1) is 11.4 Å². The summed E-state index contributed by atoms with van der Waals surface area (Å²) in [6.07, 6.45) is 1.70. The predicted molar refractivity (Wildman–Crippen MR) is 99.1 cm³/mol. The maximum Gasteiger partial charge on any atom is 0.277 e. The van der Waals surface area contributed by atoms with Crippen molar-refractivity contribution in [3.63, 3.8) is 0 Å². The molecule has 0 unspecified atom stereocenters. The molecule has 0 aliphatic carbocycles. The molecule has 5 nitrogen and oxygen atoms in total. The lowest BCUT2D eigenvalue weighted by atomic mass is 10.1. The molecule has 2 heterocycles. The summed E-state index contributed by atoms with van der Waals surface area (Å²) in [5, 5.41) is 0. The van der Waals surface area contributed by atoms with E-state index in [0.717, 1.165) is 23.6 Å². The summed E-state index contributed by atoms with van der Waals surface area (Å²) < 4.78 is 0. The smallest absolute Gasteiger partial charge is 0.277 e. The maximum atomic E-state index is 13.2. The summed E-state index contributed by atoms with van der Waals surface area (Å²) in [4.78, 5) is 23.5. The summed E-state index contributed by atoms with van der Waals surface area (Å²) in [5.74, 6) is 0.330. The average molecular weight is 324 g/mol. The number of rotatable bonds is 2. The number of anilines is 3. The van der Waals surface area contributed by atoms with E-state index >= 15 is 0 Å². The molecule has 24 heavy (non-hydrogen) atoms. The van der Waals surface area contributed by atoms with Crippen molar-refractivity contribution in [1.82, 2.24) is 4.98 Å². The van der Waals surface area contributed by atoms with Gasteiger partial charge in [0.1, 0.15) is 5.69 Å². The summed E-state index contributed by atoms with van der Waals surface area (Å²) in [6, 6.07) is 11.8. The third-order valence-electron chi connectivity index (χ3n) is 4.39. The molecule has 0 saturated heterocycles. The second-order valence-electron chi connectivity index (χ2n) is 6.68. The number of nitrogens with zero attached hydrogens (tertiary/aromatic N) is 4. The highest BCUT2D eigenvalue weighted by Gasteiger charge is 2.28. The van der Waals surface area contributed by atoms with E-state index < -0.39 is 0 Å². The van der Waals surface area contributed by atoms with Gasteiger partial charge < -0.3 is 14.7 Å². The zero-order chi connectivity index (χ0) is 17.3. The first-order chi connectivity index (χ1) is 11.5. The molecule has 2 aromatic rings. The van der Waals surface area contributed by atoms with Crippen LogP contribution in [0, 0.1) is 5.92 Å². The van der Waals surface area contributed by atoms with Crippen molar-refractivity contribution in [2.24, 2.45) is 5.92 Å². The van der Waals surface area contributed by atoms with Gasteiger partial charge in [0.15, 0.2) is 0 Å². The fourth-order valence-corrected chi connectivity index (χ4v) is 3.19. The van der Waals surface area contributed by atoms with Gasteiger partial charge >= 0.3 is 0 Å². The van der Waals surface area contributed by atoms with Gasteiger partial charge in [0.2, 0.25) is 0 Å². The molecule has 0 radical (unpaired) electrons.